The second-order valence-electron chi connectivity index (χ2n) is 4.26. The molecule has 15 heavy (non-hydrogen) atoms. The summed E-state index contributed by atoms with van der Waals surface area (Å²) in [7, 11) is 0. The van der Waals surface area contributed by atoms with Gasteiger partial charge in [-0.1, -0.05) is 13.3 Å². The summed E-state index contributed by atoms with van der Waals surface area (Å²) in [5.41, 5.74) is 2.62. The van der Waals surface area contributed by atoms with E-state index in [1.807, 2.05) is 0 Å². The molecule has 1 N–H and O–H groups in total. The summed E-state index contributed by atoms with van der Waals surface area (Å²) in [4.78, 5) is 15.6. The summed E-state index contributed by atoms with van der Waals surface area (Å²) < 4.78 is 0. The third-order valence-corrected chi connectivity index (χ3v) is 4.04. The van der Waals surface area contributed by atoms with E-state index in [1.165, 1.54) is 30.6 Å². The first kappa shape index (κ1) is 10.6. The molecule has 0 saturated heterocycles. The van der Waals surface area contributed by atoms with Crippen molar-refractivity contribution in [2.45, 2.75) is 32.6 Å². The van der Waals surface area contributed by atoms with E-state index in [0.29, 0.717) is 11.1 Å². The lowest BCUT2D eigenvalue weighted by atomic mass is 9.67. The minimum atomic E-state index is -0.0315. The van der Waals surface area contributed by atoms with E-state index in [-0.39, 0.29) is 5.91 Å². The lowest BCUT2D eigenvalue weighted by Crippen LogP contribution is -2.41. The highest BCUT2D eigenvalue weighted by Crippen LogP contribution is 2.43. The lowest BCUT2D eigenvalue weighted by molar-refractivity contribution is 0.0846. The Morgan fingerprint density at radius 3 is 2.93 bits per heavy atom. The SMILES string of the molecule is CCC1(CNC(=O)c2cscn2)CCC1. The molecule has 1 aromatic heterocycles. The maximum Gasteiger partial charge on any atom is 0.270 e. The summed E-state index contributed by atoms with van der Waals surface area (Å²) >= 11 is 1.45. The van der Waals surface area contributed by atoms with Gasteiger partial charge < -0.3 is 5.32 Å². The number of thiazole rings is 1. The van der Waals surface area contributed by atoms with Crippen LogP contribution in [0.25, 0.3) is 0 Å². The molecule has 1 aliphatic rings. The number of rotatable bonds is 4. The zero-order chi connectivity index (χ0) is 10.7. The zero-order valence-electron chi connectivity index (χ0n) is 8.95. The van der Waals surface area contributed by atoms with Gasteiger partial charge in [0.1, 0.15) is 5.69 Å². The van der Waals surface area contributed by atoms with Crippen molar-refractivity contribution in [3.8, 4) is 0 Å². The molecular weight excluding hydrogens is 208 g/mol. The number of carbonyl (C=O) groups is 1. The highest BCUT2D eigenvalue weighted by molar-refractivity contribution is 7.07. The van der Waals surface area contributed by atoms with E-state index in [0.717, 1.165) is 13.0 Å². The van der Waals surface area contributed by atoms with Crippen LogP contribution < -0.4 is 5.32 Å². The Labute approximate surface area is 93.9 Å². The molecule has 0 bridgehead atoms. The average molecular weight is 224 g/mol. The Hall–Kier alpha value is -0.900. The molecule has 1 saturated carbocycles. The normalized spacial score (nSPS) is 18.2. The number of nitrogens with zero attached hydrogens (tertiary/aromatic N) is 1. The van der Waals surface area contributed by atoms with Crippen LogP contribution >= 0.6 is 11.3 Å². The minimum absolute atomic E-state index is 0.0315. The lowest BCUT2D eigenvalue weighted by Gasteiger charge is -2.41. The van der Waals surface area contributed by atoms with Crippen molar-refractivity contribution in [1.82, 2.24) is 10.3 Å². The largest absolute Gasteiger partial charge is 0.350 e. The van der Waals surface area contributed by atoms with Crippen molar-refractivity contribution in [2.24, 2.45) is 5.41 Å². The van der Waals surface area contributed by atoms with Gasteiger partial charge in [0.2, 0.25) is 0 Å². The molecule has 0 radical (unpaired) electrons. The van der Waals surface area contributed by atoms with Crippen molar-refractivity contribution < 1.29 is 4.79 Å². The van der Waals surface area contributed by atoms with E-state index in [2.05, 4.69) is 17.2 Å². The molecule has 1 fully saturated rings. The Morgan fingerprint density at radius 2 is 2.47 bits per heavy atom. The van der Waals surface area contributed by atoms with Crippen LogP contribution in [-0.4, -0.2) is 17.4 Å². The van der Waals surface area contributed by atoms with E-state index in [1.54, 1.807) is 10.9 Å². The Balaban J connectivity index is 1.85. The average Bonchev–Trinajstić information content (AvgIpc) is 2.69. The summed E-state index contributed by atoms with van der Waals surface area (Å²) in [6.45, 7) is 3.01. The van der Waals surface area contributed by atoms with Gasteiger partial charge in [0.15, 0.2) is 0 Å². The highest BCUT2D eigenvalue weighted by atomic mass is 32.1. The summed E-state index contributed by atoms with van der Waals surface area (Å²) in [6.07, 6.45) is 4.96. The van der Waals surface area contributed by atoms with Gasteiger partial charge in [0.05, 0.1) is 5.51 Å². The van der Waals surface area contributed by atoms with Gasteiger partial charge in [0.25, 0.3) is 5.91 Å². The molecule has 1 amide bonds. The quantitative estimate of drug-likeness (QED) is 0.853. The molecule has 1 aromatic rings. The van der Waals surface area contributed by atoms with Gasteiger partial charge in [-0.15, -0.1) is 11.3 Å². The van der Waals surface area contributed by atoms with Crippen LogP contribution in [0.1, 0.15) is 43.1 Å². The Bertz CT molecular complexity index is 325. The molecule has 4 heteroatoms. The van der Waals surface area contributed by atoms with Gasteiger partial charge in [-0.25, -0.2) is 4.98 Å². The van der Waals surface area contributed by atoms with Crippen molar-refractivity contribution in [2.75, 3.05) is 6.54 Å². The number of nitrogens with one attached hydrogen (secondary N) is 1. The Morgan fingerprint density at radius 1 is 1.67 bits per heavy atom. The number of amides is 1. The zero-order valence-corrected chi connectivity index (χ0v) is 9.77. The Kier molecular flexibility index (Phi) is 3.05. The van der Waals surface area contributed by atoms with E-state index in [9.17, 15) is 4.79 Å². The number of hydrogen-bond acceptors (Lipinski definition) is 3. The molecular formula is C11H16N2OS. The van der Waals surface area contributed by atoms with Crippen molar-refractivity contribution in [3.05, 3.63) is 16.6 Å². The molecule has 0 aliphatic heterocycles. The van der Waals surface area contributed by atoms with Crippen LogP contribution in [0.3, 0.4) is 0 Å². The molecule has 0 spiro atoms. The van der Waals surface area contributed by atoms with Crippen LogP contribution in [0, 0.1) is 5.41 Å². The van der Waals surface area contributed by atoms with E-state index in [4.69, 9.17) is 0 Å². The third-order valence-electron chi connectivity index (χ3n) is 3.45. The van der Waals surface area contributed by atoms with Crippen molar-refractivity contribution >= 4 is 17.2 Å². The first-order chi connectivity index (χ1) is 7.26. The van der Waals surface area contributed by atoms with Crippen LogP contribution in [0.15, 0.2) is 10.9 Å². The maximum atomic E-state index is 11.6. The summed E-state index contributed by atoms with van der Waals surface area (Å²) in [5, 5.41) is 4.77. The van der Waals surface area contributed by atoms with Gasteiger partial charge >= 0.3 is 0 Å². The van der Waals surface area contributed by atoms with Crippen LogP contribution in [0.4, 0.5) is 0 Å². The molecule has 0 unspecified atom stereocenters. The van der Waals surface area contributed by atoms with Crippen LogP contribution in [0.2, 0.25) is 0 Å². The van der Waals surface area contributed by atoms with E-state index >= 15 is 0 Å². The van der Waals surface area contributed by atoms with Crippen LogP contribution in [-0.2, 0) is 0 Å². The molecule has 0 aromatic carbocycles. The fourth-order valence-corrected chi connectivity index (χ4v) is 2.55. The van der Waals surface area contributed by atoms with Gasteiger partial charge in [-0.05, 0) is 24.7 Å². The van der Waals surface area contributed by atoms with Gasteiger partial charge in [0, 0.05) is 11.9 Å². The second-order valence-corrected chi connectivity index (χ2v) is 4.98. The smallest absolute Gasteiger partial charge is 0.270 e. The number of carbonyl (C=O) groups excluding carboxylic acids is 1. The molecule has 0 atom stereocenters. The first-order valence-corrected chi connectivity index (χ1v) is 6.36. The van der Waals surface area contributed by atoms with E-state index < -0.39 is 0 Å². The standard InChI is InChI=1S/C11H16N2OS/c1-2-11(4-3-5-11)7-12-10(14)9-6-15-8-13-9/h6,8H,2-5,7H2,1H3,(H,12,14). The predicted octanol–water partition coefficient (Wildman–Crippen LogP) is 2.45. The molecule has 2 rings (SSSR count). The molecule has 1 heterocycles. The molecule has 3 nitrogen and oxygen atoms in total. The summed E-state index contributed by atoms with van der Waals surface area (Å²) in [5.74, 6) is -0.0315. The molecule has 82 valence electrons. The number of aromatic nitrogens is 1. The fraction of sp³-hybridized carbons (Fsp3) is 0.636. The maximum absolute atomic E-state index is 11.6. The number of hydrogen-bond donors (Lipinski definition) is 1. The first-order valence-electron chi connectivity index (χ1n) is 5.42. The molecule has 1 aliphatic carbocycles. The van der Waals surface area contributed by atoms with Crippen molar-refractivity contribution in [3.63, 3.8) is 0 Å². The topological polar surface area (TPSA) is 42.0 Å². The van der Waals surface area contributed by atoms with Crippen LogP contribution in [0.5, 0.6) is 0 Å². The van der Waals surface area contributed by atoms with Gasteiger partial charge in [-0.2, -0.15) is 0 Å². The highest BCUT2D eigenvalue weighted by Gasteiger charge is 2.35. The predicted molar refractivity (Wildman–Crippen MR) is 61.0 cm³/mol. The minimum Gasteiger partial charge on any atom is -0.350 e. The summed E-state index contributed by atoms with van der Waals surface area (Å²) in [6, 6.07) is 0. The van der Waals surface area contributed by atoms with Crippen molar-refractivity contribution in [1.29, 1.82) is 0 Å². The monoisotopic (exact) mass is 224 g/mol. The second kappa shape index (κ2) is 4.31. The fourth-order valence-electron chi connectivity index (χ4n) is 2.02. The third kappa shape index (κ3) is 2.20. The van der Waals surface area contributed by atoms with Gasteiger partial charge in [-0.3, -0.25) is 4.79 Å².